The van der Waals surface area contributed by atoms with Gasteiger partial charge < -0.3 is 15.8 Å². The molecule has 1 aliphatic rings. The number of nitrogens with two attached hydrogens (primary N) is 1. The lowest BCUT2D eigenvalue weighted by molar-refractivity contribution is -0.124. The first-order valence-corrected chi connectivity index (χ1v) is 6.71. The number of amides is 1. The van der Waals surface area contributed by atoms with E-state index < -0.39 is 5.54 Å². The highest BCUT2D eigenvalue weighted by atomic mass is 16.5. The van der Waals surface area contributed by atoms with E-state index in [0.717, 1.165) is 16.5 Å². The van der Waals surface area contributed by atoms with Crippen LogP contribution in [0.4, 0.5) is 5.69 Å². The van der Waals surface area contributed by atoms with E-state index in [2.05, 4.69) is 15.5 Å². The van der Waals surface area contributed by atoms with Gasteiger partial charge in [0.2, 0.25) is 5.91 Å². The maximum atomic E-state index is 12.4. The van der Waals surface area contributed by atoms with Gasteiger partial charge in [0.15, 0.2) is 0 Å². The summed E-state index contributed by atoms with van der Waals surface area (Å²) in [7, 11) is 0. The van der Waals surface area contributed by atoms with Crippen molar-refractivity contribution in [1.82, 2.24) is 10.2 Å². The van der Waals surface area contributed by atoms with Crippen molar-refractivity contribution < 1.29 is 9.53 Å². The first-order valence-electron chi connectivity index (χ1n) is 6.71. The molecule has 0 aliphatic carbocycles. The van der Waals surface area contributed by atoms with Crippen LogP contribution in [-0.4, -0.2) is 34.9 Å². The molecular formula is C14H18N4O2. The van der Waals surface area contributed by atoms with E-state index in [4.69, 9.17) is 10.5 Å². The second kappa shape index (κ2) is 4.88. The number of nitrogens with zero attached hydrogens (tertiary/aromatic N) is 1. The third-order valence-electron chi connectivity index (χ3n) is 3.92. The number of H-pyrrole nitrogens is 1. The van der Waals surface area contributed by atoms with Crippen molar-refractivity contribution in [3.05, 3.63) is 23.9 Å². The summed E-state index contributed by atoms with van der Waals surface area (Å²) in [6.45, 7) is 3.06. The Labute approximate surface area is 116 Å². The number of ether oxygens (including phenoxy) is 1. The number of rotatable bonds is 2. The van der Waals surface area contributed by atoms with Gasteiger partial charge in [-0.05, 0) is 31.4 Å². The molecule has 0 unspecified atom stereocenters. The van der Waals surface area contributed by atoms with E-state index >= 15 is 0 Å². The molecule has 20 heavy (non-hydrogen) atoms. The lowest BCUT2D eigenvalue weighted by atomic mass is 9.90. The number of carbonyl (C=O) groups is 1. The first kappa shape index (κ1) is 13.1. The Morgan fingerprint density at radius 2 is 2.20 bits per heavy atom. The highest BCUT2D eigenvalue weighted by Crippen LogP contribution is 2.26. The number of hydrogen-bond donors (Lipinski definition) is 3. The zero-order chi connectivity index (χ0) is 14.2. The minimum atomic E-state index is -0.852. The molecule has 1 amide bonds. The lowest BCUT2D eigenvalue weighted by Gasteiger charge is -2.31. The summed E-state index contributed by atoms with van der Waals surface area (Å²) in [6.07, 6.45) is 2.83. The summed E-state index contributed by atoms with van der Waals surface area (Å²) in [5.41, 5.74) is 7.98. The molecular weight excluding hydrogens is 256 g/mol. The number of hydrogen-bond acceptors (Lipinski definition) is 4. The summed E-state index contributed by atoms with van der Waals surface area (Å²) in [5.74, 6) is -0.166. The quantitative estimate of drug-likeness (QED) is 0.770. The van der Waals surface area contributed by atoms with Gasteiger partial charge in [-0.15, -0.1) is 0 Å². The number of benzene rings is 1. The van der Waals surface area contributed by atoms with Crippen LogP contribution in [0.5, 0.6) is 0 Å². The molecule has 106 valence electrons. The van der Waals surface area contributed by atoms with E-state index in [1.165, 1.54) is 0 Å². The lowest BCUT2D eigenvalue weighted by Crippen LogP contribution is -2.54. The highest BCUT2D eigenvalue weighted by molar-refractivity contribution is 6.04. The van der Waals surface area contributed by atoms with E-state index in [1.54, 1.807) is 6.20 Å². The average Bonchev–Trinajstić information content (AvgIpc) is 2.93. The van der Waals surface area contributed by atoms with Crippen LogP contribution in [0.15, 0.2) is 18.3 Å². The van der Waals surface area contributed by atoms with Crippen LogP contribution in [0, 0.1) is 6.92 Å². The van der Waals surface area contributed by atoms with Crippen molar-refractivity contribution in [2.45, 2.75) is 25.3 Å². The SMILES string of the molecule is Cc1ccc(NC(=O)C2(N)CCOCC2)c2[nH]ncc12. The molecule has 6 nitrogen and oxygen atoms in total. The zero-order valence-electron chi connectivity index (χ0n) is 11.4. The van der Waals surface area contributed by atoms with Gasteiger partial charge in [0.1, 0.15) is 5.54 Å². The van der Waals surface area contributed by atoms with Crippen molar-refractivity contribution in [3.8, 4) is 0 Å². The van der Waals surface area contributed by atoms with Crippen LogP contribution in [-0.2, 0) is 9.53 Å². The Balaban J connectivity index is 1.88. The molecule has 1 aromatic heterocycles. The van der Waals surface area contributed by atoms with Gasteiger partial charge in [-0.2, -0.15) is 5.10 Å². The number of anilines is 1. The van der Waals surface area contributed by atoms with Crippen LogP contribution >= 0.6 is 0 Å². The predicted molar refractivity (Wildman–Crippen MR) is 76.4 cm³/mol. The van der Waals surface area contributed by atoms with Gasteiger partial charge in [-0.25, -0.2) is 0 Å². The van der Waals surface area contributed by atoms with Crippen LogP contribution in [0.1, 0.15) is 18.4 Å². The third-order valence-corrected chi connectivity index (χ3v) is 3.92. The maximum absolute atomic E-state index is 12.4. The molecule has 2 aromatic rings. The topological polar surface area (TPSA) is 93.0 Å². The van der Waals surface area contributed by atoms with Crippen molar-refractivity contribution in [1.29, 1.82) is 0 Å². The zero-order valence-corrected chi connectivity index (χ0v) is 11.4. The molecule has 0 saturated carbocycles. The Hall–Kier alpha value is -1.92. The molecule has 2 heterocycles. The molecule has 0 radical (unpaired) electrons. The minimum Gasteiger partial charge on any atom is -0.381 e. The Kier molecular flexibility index (Phi) is 3.19. The molecule has 0 bridgehead atoms. The third kappa shape index (κ3) is 2.17. The summed E-state index contributed by atoms with van der Waals surface area (Å²) in [5, 5.41) is 10.9. The molecule has 1 fully saturated rings. The fourth-order valence-corrected chi connectivity index (χ4v) is 2.49. The maximum Gasteiger partial charge on any atom is 0.244 e. The molecule has 0 spiro atoms. The monoisotopic (exact) mass is 274 g/mol. The van der Waals surface area contributed by atoms with Crippen LogP contribution in [0.3, 0.4) is 0 Å². The summed E-state index contributed by atoms with van der Waals surface area (Å²) >= 11 is 0. The fraction of sp³-hybridized carbons (Fsp3) is 0.429. The van der Waals surface area contributed by atoms with Gasteiger partial charge in [-0.1, -0.05) is 6.07 Å². The largest absolute Gasteiger partial charge is 0.381 e. The minimum absolute atomic E-state index is 0.166. The van der Waals surface area contributed by atoms with E-state index in [-0.39, 0.29) is 5.91 Å². The van der Waals surface area contributed by atoms with E-state index in [1.807, 2.05) is 19.1 Å². The van der Waals surface area contributed by atoms with Crippen LogP contribution in [0.25, 0.3) is 10.9 Å². The average molecular weight is 274 g/mol. The summed E-state index contributed by atoms with van der Waals surface area (Å²) < 4.78 is 5.26. The summed E-state index contributed by atoms with van der Waals surface area (Å²) in [6, 6.07) is 3.83. The number of aromatic amines is 1. The van der Waals surface area contributed by atoms with Crippen molar-refractivity contribution in [2.24, 2.45) is 5.73 Å². The molecule has 0 atom stereocenters. The fourth-order valence-electron chi connectivity index (χ4n) is 2.49. The number of aromatic nitrogens is 2. The highest BCUT2D eigenvalue weighted by Gasteiger charge is 2.36. The van der Waals surface area contributed by atoms with Crippen LogP contribution in [0.2, 0.25) is 0 Å². The number of nitrogens with one attached hydrogen (secondary N) is 2. The van der Waals surface area contributed by atoms with E-state index in [9.17, 15) is 4.79 Å². The standard InChI is InChI=1S/C14H18N4O2/c1-9-2-3-11(12-10(9)8-16-18-12)17-13(19)14(15)4-6-20-7-5-14/h2-3,8H,4-7,15H2,1H3,(H,16,18)(H,17,19). The van der Waals surface area contributed by atoms with Crippen LogP contribution < -0.4 is 11.1 Å². The molecule has 3 rings (SSSR count). The second-order valence-electron chi connectivity index (χ2n) is 5.31. The summed E-state index contributed by atoms with van der Waals surface area (Å²) in [4.78, 5) is 12.4. The van der Waals surface area contributed by atoms with Gasteiger partial charge in [0.25, 0.3) is 0 Å². The van der Waals surface area contributed by atoms with Crippen molar-refractivity contribution >= 4 is 22.5 Å². The molecule has 4 N–H and O–H groups in total. The molecule has 1 aliphatic heterocycles. The smallest absolute Gasteiger partial charge is 0.244 e. The normalized spacial score (nSPS) is 18.1. The molecule has 1 aromatic carbocycles. The van der Waals surface area contributed by atoms with Gasteiger partial charge in [-0.3, -0.25) is 9.89 Å². The first-order chi connectivity index (χ1) is 9.60. The number of aryl methyl sites for hydroxylation is 1. The number of fused-ring (bicyclic) bond motifs is 1. The Morgan fingerprint density at radius 3 is 2.95 bits per heavy atom. The van der Waals surface area contributed by atoms with Crippen molar-refractivity contribution in [3.63, 3.8) is 0 Å². The second-order valence-corrected chi connectivity index (χ2v) is 5.31. The number of carbonyl (C=O) groups excluding carboxylic acids is 1. The van der Waals surface area contributed by atoms with E-state index in [0.29, 0.717) is 31.7 Å². The van der Waals surface area contributed by atoms with Gasteiger partial charge >= 0.3 is 0 Å². The predicted octanol–water partition coefficient (Wildman–Crippen LogP) is 1.32. The molecule has 6 heteroatoms. The Bertz CT molecular complexity index is 644. The van der Waals surface area contributed by atoms with Crippen molar-refractivity contribution in [2.75, 3.05) is 18.5 Å². The Morgan fingerprint density at radius 1 is 1.45 bits per heavy atom. The van der Waals surface area contributed by atoms with Gasteiger partial charge in [0, 0.05) is 18.6 Å². The molecule has 1 saturated heterocycles. The van der Waals surface area contributed by atoms with Gasteiger partial charge in [0.05, 0.1) is 17.4 Å².